The number of hydrogen-bond acceptors (Lipinski definition) is 14. The van der Waals surface area contributed by atoms with Crippen LogP contribution in [0.25, 0.3) is 0 Å². The predicted molar refractivity (Wildman–Crippen MR) is 415 cm³/mol. The summed E-state index contributed by atoms with van der Waals surface area (Å²) in [7, 11) is 0. The Balaban J connectivity index is -0.000000198. The van der Waals surface area contributed by atoms with Crippen LogP contribution in [0.2, 0.25) is 0 Å². The van der Waals surface area contributed by atoms with Crippen molar-refractivity contribution in [1.29, 1.82) is 0 Å². The second-order valence-corrected chi connectivity index (χ2v) is 25.7. The molecule has 0 unspecified atom stereocenters. The van der Waals surface area contributed by atoms with Crippen LogP contribution in [0.4, 0.5) is 0 Å². The molecule has 14 heteroatoms. The van der Waals surface area contributed by atoms with Crippen LogP contribution in [0.15, 0.2) is 0 Å². The van der Waals surface area contributed by atoms with Crippen molar-refractivity contribution in [3.05, 3.63) is 0 Å². The van der Waals surface area contributed by atoms with Crippen LogP contribution >= 0.6 is 0 Å². The number of carbonyl (C=O) groups is 7. The number of rotatable bonds is 63. The lowest BCUT2D eigenvalue weighted by atomic mass is 10.1. The Labute approximate surface area is 608 Å². The van der Waals surface area contributed by atoms with Crippen molar-refractivity contribution >= 4 is 41.8 Å². The summed E-state index contributed by atoms with van der Waals surface area (Å²) in [5, 5.41) is 0. The standard InChI is InChI=1S/C15H30O2.C14H28O2.C13H26O2.C12H24O2.C11H22O2.C10H20O2.C9H18O2/c1-3-5-6-7-8-9-10-11-12-13-14-15(16)17-4-2;1-3-5-6-7-8-9-10-11-12-13-14(15)16-4-2;1-3-5-6-7-8-9-10-11-12-13(14)15-4-2;1-3-5-6-7-8-9-10-11-12(13)14-4-2;1-3-5-6-7-8-9-10-11(12)13-4-2;1-3-5-6-7-8-9-10(11)12-4-2;1-3-5-6-7-8-9(10)11-4-2/h3-14H2,1-2H3;3-13H2,1-2H3;3-12H2,1-2H3;3-11H2,1-2H3;3-10H2,1-2H3;3-9H2,1-2H3;3-8H2,1-2H3. The second-order valence-electron chi connectivity index (χ2n) is 25.7. The summed E-state index contributed by atoms with van der Waals surface area (Å²) in [5.74, 6) is -0.294. The van der Waals surface area contributed by atoms with E-state index in [0.29, 0.717) is 91.2 Å². The van der Waals surface area contributed by atoms with Crippen molar-refractivity contribution in [2.45, 2.75) is 456 Å². The molecule has 0 saturated carbocycles. The Morgan fingerprint density at radius 1 is 0.133 bits per heavy atom. The molecule has 0 aliphatic heterocycles. The van der Waals surface area contributed by atoms with Crippen molar-refractivity contribution in [2.24, 2.45) is 0 Å². The van der Waals surface area contributed by atoms with Gasteiger partial charge in [-0.3, -0.25) is 33.6 Å². The highest BCUT2D eigenvalue weighted by atomic mass is 16.6. The topological polar surface area (TPSA) is 184 Å². The summed E-state index contributed by atoms with van der Waals surface area (Å²) in [4.78, 5) is 76.6. The maximum Gasteiger partial charge on any atom is 0.305 e. The Morgan fingerprint density at radius 2 is 0.214 bits per heavy atom. The first-order valence-electron chi connectivity index (χ1n) is 41.8. The van der Waals surface area contributed by atoms with Gasteiger partial charge in [-0.1, -0.05) is 318 Å². The minimum atomic E-state index is -0.0522. The van der Waals surface area contributed by atoms with Gasteiger partial charge in [-0.25, -0.2) is 0 Å². The Bertz CT molecular complexity index is 1550. The van der Waals surface area contributed by atoms with Gasteiger partial charge in [0.15, 0.2) is 0 Å². The monoisotopic (exact) mass is 1400 g/mol. The van der Waals surface area contributed by atoms with E-state index in [0.717, 1.165) is 57.8 Å². The van der Waals surface area contributed by atoms with Crippen LogP contribution in [0.3, 0.4) is 0 Å². The highest BCUT2D eigenvalue weighted by Gasteiger charge is 2.06. The molecule has 0 aromatic carbocycles. The highest BCUT2D eigenvalue weighted by Crippen LogP contribution is 2.15. The zero-order valence-corrected chi connectivity index (χ0v) is 67.8. The average Bonchev–Trinajstić information content (AvgIpc) is 3.69. The fourth-order valence-corrected chi connectivity index (χ4v) is 10.2. The molecule has 0 radical (unpaired) electrons. The summed E-state index contributed by atoms with van der Waals surface area (Å²) in [6.07, 6.45) is 65.5. The minimum absolute atomic E-state index is 0.0351. The van der Waals surface area contributed by atoms with Crippen molar-refractivity contribution in [3.8, 4) is 0 Å². The first-order chi connectivity index (χ1) is 47.7. The normalized spacial score (nSPS) is 10.1. The number of ether oxygens (including phenoxy) is 7. The Kier molecular flexibility index (Phi) is 115. The molecule has 588 valence electrons. The van der Waals surface area contributed by atoms with Crippen LogP contribution in [-0.2, 0) is 66.7 Å². The molecule has 0 aliphatic carbocycles. The van der Waals surface area contributed by atoms with E-state index in [1.165, 1.54) is 257 Å². The number of esters is 7. The summed E-state index contributed by atoms with van der Waals surface area (Å²) in [6, 6.07) is 0. The van der Waals surface area contributed by atoms with Gasteiger partial charge < -0.3 is 33.2 Å². The molecular weight excluding hydrogens is 1230 g/mol. The third kappa shape index (κ3) is 119. The molecule has 0 spiro atoms. The molecule has 0 aromatic heterocycles. The van der Waals surface area contributed by atoms with Crippen molar-refractivity contribution in [2.75, 3.05) is 46.2 Å². The quantitative estimate of drug-likeness (QED) is 0.0318. The van der Waals surface area contributed by atoms with Crippen LogP contribution in [0.1, 0.15) is 456 Å². The third-order valence-electron chi connectivity index (χ3n) is 16.0. The minimum Gasteiger partial charge on any atom is -0.466 e. The molecule has 0 saturated heterocycles. The number of unbranched alkanes of at least 4 members (excludes halogenated alkanes) is 42. The molecular formula is C84H168O14. The predicted octanol–water partition coefficient (Wildman–Crippen LogP) is 25.8. The smallest absolute Gasteiger partial charge is 0.305 e. The zero-order valence-electron chi connectivity index (χ0n) is 67.8. The van der Waals surface area contributed by atoms with Gasteiger partial charge in [-0.15, -0.1) is 0 Å². The lowest BCUT2D eigenvalue weighted by Gasteiger charge is -2.02. The summed E-state index contributed by atoms with van der Waals surface area (Å²) in [5.41, 5.74) is 0. The van der Waals surface area contributed by atoms with Gasteiger partial charge in [-0.05, 0) is 93.4 Å². The van der Waals surface area contributed by atoms with E-state index in [1.54, 1.807) is 0 Å². The molecule has 0 aliphatic rings. The zero-order chi connectivity index (χ0) is 74.5. The van der Waals surface area contributed by atoms with Gasteiger partial charge in [0.2, 0.25) is 0 Å². The fraction of sp³-hybridized carbons (Fsp3) is 0.917. The fourth-order valence-electron chi connectivity index (χ4n) is 10.2. The second kappa shape index (κ2) is 104. The van der Waals surface area contributed by atoms with Crippen molar-refractivity contribution in [1.82, 2.24) is 0 Å². The average molecular weight is 1400 g/mol. The lowest BCUT2D eigenvalue weighted by molar-refractivity contribution is -0.144. The van der Waals surface area contributed by atoms with Crippen molar-refractivity contribution < 1.29 is 66.7 Å². The molecule has 0 aromatic rings. The maximum atomic E-state index is 11.1. The van der Waals surface area contributed by atoms with Gasteiger partial charge in [0.05, 0.1) is 46.2 Å². The third-order valence-corrected chi connectivity index (χ3v) is 16.0. The van der Waals surface area contributed by atoms with Gasteiger partial charge in [0, 0.05) is 44.9 Å². The van der Waals surface area contributed by atoms with E-state index in [2.05, 4.69) is 48.5 Å². The van der Waals surface area contributed by atoms with Gasteiger partial charge in [-0.2, -0.15) is 0 Å². The summed E-state index contributed by atoms with van der Waals surface area (Å²) >= 11 is 0. The molecule has 0 amide bonds. The van der Waals surface area contributed by atoms with E-state index in [1.807, 2.05) is 48.5 Å². The van der Waals surface area contributed by atoms with Crippen molar-refractivity contribution in [3.63, 3.8) is 0 Å². The highest BCUT2D eigenvalue weighted by molar-refractivity contribution is 5.71. The molecule has 0 bridgehead atoms. The first kappa shape index (κ1) is 108. The molecule has 0 atom stereocenters. The van der Waals surface area contributed by atoms with Crippen LogP contribution in [-0.4, -0.2) is 88.0 Å². The van der Waals surface area contributed by atoms with Gasteiger partial charge >= 0.3 is 41.8 Å². The summed E-state index contributed by atoms with van der Waals surface area (Å²) in [6.45, 7) is 32.0. The Hall–Kier alpha value is -3.71. The maximum absolute atomic E-state index is 11.1. The van der Waals surface area contributed by atoms with Gasteiger partial charge in [0.1, 0.15) is 0 Å². The first-order valence-corrected chi connectivity index (χ1v) is 41.8. The SMILES string of the molecule is CCCCCCC(=O)OCC.CCCCCCCC(=O)OCC.CCCCCCCCC(=O)OCC.CCCCCCCCCC(=O)OCC.CCCCCCCCCCC(=O)OCC.CCCCCCCCCCCC(=O)OCC.CCCCCCCCCCCCC(=O)OCC. The Morgan fingerprint density at radius 3 is 0.306 bits per heavy atom. The van der Waals surface area contributed by atoms with Crippen LogP contribution < -0.4 is 0 Å². The molecule has 0 fully saturated rings. The molecule has 98 heavy (non-hydrogen) atoms. The number of carbonyl (C=O) groups excluding carboxylic acids is 7. The van der Waals surface area contributed by atoms with E-state index in [4.69, 9.17) is 33.2 Å². The van der Waals surface area contributed by atoms with E-state index < -0.39 is 0 Å². The molecule has 14 nitrogen and oxygen atoms in total. The van der Waals surface area contributed by atoms with Crippen LogP contribution in [0.5, 0.6) is 0 Å². The van der Waals surface area contributed by atoms with E-state index in [9.17, 15) is 33.6 Å². The number of hydrogen-bond donors (Lipinski definition) is 0. The largest absolute Gasteiger partial charge is 0.466 e. The van der Waals surface area contributed by atoms with E-state index >= 15 is 0 Å². The molecule has 0 rings (SSSR count). The summed E-state index contributed by atoms with van der Waals surface area (Å²) < 4.78 is 33.9. The molecule has 0 N–H and O–H groups in total. The molecule has 0 heterocycles. The van der Waals surface area contributed by atoms with E-state index in [-0.39, 0.29) is 41.8 Å². The lowest BCUT2D eigenvalue weighted by Crippen LogP contribution is -2.03. The van der Waals surface area contributed by atoms with Gasteiger partial charge in [0.25, 0.3) is 0 Å². The van der Waals surface area contributed by atoms with Crippen LogP contribution in [0, 0.1) is 0 Å².